The van der Waals surface area contributed by atoms with Crippen molar-refractivity contribution in [3.8, 4) is 6.07 Å². The van der Waals surface area contributed by atoms with Crippen molar-refractivity contribution >= 4 is 24.8 Å². The first kappa shape index (κ1) is 17.0. The van der Waals surface area contributed by atoms with Crippen molar-refractivity contribution < 1.29 is 14.4 Å². The standard InChI is InChI=1S/C16H19BClNO3/c1-15(2)16(3,4)22-17(21-15)13(10-20)8-12-6-5-11(9-19)7-14(12)18/h5-8,20H,10H2,1-4H3. The Morgan fingerprint density at radius 2 is 1.91 bits per heavy atom. The minimum Gasteiger partial charge on any atom is -0.400 e. The zero-order chi connectivity index (χ0) is 16.5. The number of rotatable bonds is 3. The van der Waals surface area contributed by atoms with Crippen LogP contribution in [0.4, 0.5) is 0 Å². The number of nitrogens with zero attached hydrogens (tertiary/aromatic N) is 1. The van der Waals surface area contributed by atoms with Gasteiger partial charge in [-0.2, -0.15) is 5.26 Å². The molecule has 116 valence electrons. The Labute approximate surface area is 136 Å². The molecule has 1 aromatic carbocycles. The summed E-state index contributed by atoms with van der Waals surface area (Å²) < 4.78 is 11.9. The van der Waals surface area contributed by atoms with Gasteiger partial charge in [-0.25, -0.2) is 0 Å². The van der Waals surface area contributed by atoms with Crippen LogP contribution in [0, 0.1) is 11.3 Å². The van der Waals surface area contributed by atoms with Crippen molar-refractivity contribution in [3.63, 3.8) is 0 Å². The first-order chi connectivity index (χ1) is 10.2. The van der Waals surface area contributed by atoms with Crippen molar-refractivity contribution in [2.75, 3.05) is 6.61 Å². The van der Waals surface area contributed by atoms with E-state index in [1.807, 2.05) is 33.8 Å². The summed E-state index contributed by atoms with van der Waals surface area (Å²) >= 11 is 6.17. The van der Waals surface area contributed by atoms with E-state index in [2.05, 4.69) is 0 Å². The molecule has 4 nitrogen and oxygen atoms in total. The Balaban J connectivity index is 2.32. The normalized spacial score (nSPS) is 20.0. The number of benzene rings is 1. The maximum atomic E-state index is 9.66. The van der Waals surface area contributed by atoms with Gasteiger partial charge in [-0.05, 0) is 50.9 Å². The average molecular weight is 320 g/mol. The molecule has 1 heterocycles. The highest BCUT2D eigenvalue weighted by molar-refractivity contribution is 6.56. The molecule has 0 unspecified atom stereocenters. The Morgan fingerprint density at radius 1 is 1.32 bits per heavy atom. The lowest BCUT2D eigenvalue weighted by Crippen LogP contribution is -2.41. The number of aliphatic hydroxyl groups is 1. The molecule has 0 aromatic heterocycles. The zero-order valence-corrected chi connectivity index (χ0v) is 13.9. The van der Waals surface area contributed by atoms with Crippen molar-refractivity contribution in [2.24, 2.45) is 0 Å². The molecule has 0 radical (unpaired) electrons. The van der Waals surface area contributed by atoms with Gasteiger partial charge in [-0.1, -0.05) is 23.7 Å². The minimum atomic E-state index is -0.623. The third-order valence-electron chi connectivity index (χ3n) is 4.21. The topological polar surface area (TPSA) is 62.5 Å². The lowest BCUT2D eigenvalue weighted by Gasteiger charge is -2.32. The van der Waals surface area contributed by atoms with Gasteiger partial charge in [-0.15, -0.1) is 0 Å². The molecule has 0 amide bonds. The fourth-order valence-electron chi connectivity index (χ4n) is 2.10. The Kier molecular flexibility index (Phi) is 4.69. The molecule has 1 aromatic rings. The van der Waals surface area contributed by atoms with Gasteiger partial charge in [0.1, 0.15) is 0 Å². The second-order valence-corrected chi connectivity index (χ2v) is 6.72. The highest BCUT2D eigenvalue weighted by Gasteiger charge is 2.52. The van der Waals surface area contributed by atoms with E-state index >= 15 is 0 Å². The molecule has 0 aliphatic carbocycles. The van der Waals surface area contributed by atoms with Crippen LogP contribution in [0.2, 0.25) is 5.02 Å². The van der Waals surface area contributed by atoms with Gasteiger partial charge in [0.2, 0.25) is 0 Å². The van der Waals surface area contributed by atoms with Crippen LogP contribution in [0.5, 0.6) is 0 Å². The van der Waals surface area contributed by atoms with E-state index in [1.54, 1.807) is 24.3 Å². The number of nitriles is 1. The summed E-state index contributed by atoms with van der Waals surface area (Å²) in [4.78, 5) is 0. The molecule has 0 atom stereocenters. The molecule has 0 saturated carbocycles. The van der Waals surface area contributed by atoms with E-state index < -0.39 is 18.3 Å². The van der Waals surface area contributed by atoms with Gasteiger partial charge in [-0.3, -0.25) is 0 Å². The van der Waals surface area contributed by atoms with Crippen molar-refractivity contribution in [2.45, 2.75) is 38.9 Å². The van der Waals surface area contributed by atoms with E-state index in [9.17, 15) is 5.11 Å². The molecule has 1 fully saturated rings. The van der Waals surface area contributed by atoms with Crippen molar-refractivity contribution in [1.29, 1.82) is 5.26 Å². The van der Waals surface area contributed by atoms with Gasteiger partial charge in [0, 0.05) is 5.02 Å². The van der Waals surface area contributed by atoms with Gasteiger partial charge >= 0.3 is 7.12 Å². The van der Waals surface area contributed by atoms with E-state index in [1.165, 1.54) is 0 Å². The first-order valence-electron chi connectivity index (χ1n) is 7.07. The predicted octanol–water partition coefficient (Wildman–Crippen LogP) is 3.22. The predicted molar refractivity (Wildman–Crippen MR) is 87.3 cm³/mol. The highest BCUT2D eigenvalue weighted by Crippen LogP contribution is 2.39. The molecule has 6 heteroatoms. The lowest BCUT2D eigenvalue weighted by atomic mass is 9.77. The molecular weight excluding hydrogens is 300 g/mol. The van der Waals surface area contributed by atoms with Crippen LogP contribution in [0.25, 0.3) is 6.08 Å². The monoisotopic (exact) mass is 319 g/mol. The lowest BCUT2D eigenvalue weighted by molar-refractivity contribution is 0.00578. The third-order valence-corrected chi connectivity index (χ3v) is 4.54. The molecular formula is C16H19BClNO3. The fraction of sp³-hybridized carbons (Fsp3) is 0.438. The van der Waals surface area contributed by atoms with Crippen LogP contribution < -0.4 is 0 Å². The van der Waals surface area contributed by atoms with Crippen LogP contribution in [-0.2, 0) is 9.31 Å². The van der Waals surface area contributed by atoms with Gasteiger partial charge in [0.25, 0.3) is 0 Å². The molecule has 22 heavy (non-hydrogen) atoms. The molecule has 0 bridgehead atoms. The summed E-state index contributed by atoms with van der Waals surface area (Å²) in [6.45, 7) is 7.62. The van der Waals surface area contributed by atoms with Crippen molar-refractivity contribution in [3.05, 3.63) is 39.8 Å². The second kappa shape index (κ2) is 6.06. The number of aliphatic hydroxyl groups excluding tert-OH is 1. The van der Waals surface area contributed by atoms with Crippen LogP contribution >= 0.6 is 11.6 Å². The largest absolute Gasteiger partial charge is 0.492 e. The molecule has 1 N–H and O–H groups in total. The van der Waals surface area contributed by atoms with Gasteiger partial charge < -0.3 is 14.4 Å². The Hall–Kier alpha value is -1.32. The molecule has 1 saturated heterocycles. The Bertz CT molecular complexity index is 633. The first-order valence-corrected chi connectivity index (χ1v) is 7.44. The minimum absolute atomic E-state index is 0.201. The summed E-state index contributed by atoms with van der Waals surface area (Å²) in [5, 5.41) is 19.0. The quantitative estimate of drug-likeness (QED) is 0.869. The number of hydrogen-bond donors (Lipinski definition) is 1. The fourth-order valence-corrected chi connectivity index (χ4v) is 2.33. The van der Waals surface area contributed by atoms with E-state index in [0.29, 0.717) is 21.6 Å². The summed E-state index contributed by atoms with van der Waals surface area (Å²) in [6, 6.07) is 7.04. The van der Waals surface area contributed by atoms with Crippen LogP contribution in [0.3, 0.4) is 0 Å². The Morgan fingerprint density at radius 3 is 2.36 bits per heavy atom. The number of hydrogen-bond acceptors (Lipinski definition) is 4. The smallest absolute Gasteiger partial charge is 0.400 e. The van der Waals surface area contributed by atoms with Crippen LogP contribution in [-0.4, -0.2) is 30.0 Å². The summed E-state index contributed by atoms with van der Waals surface area (Å²) in [5.74, 6) is 0. The number of halogens is 1. The summed E-state index contributed by atoms with van der Waals surface area (Å²) in [5.41, 5.74) is 0.842. The molecule has 0 spiro atoms. The summed E-state index contributed by atoms with van der Waals surface area (Å²) in [6.07, 6.45) is 1.74. The molecule has 1 aliphatic heterocycles. The van der Waals surface area contributed by atoms with Crippen LogP contribution in [0.15, 0.2) is 23.7 Å². The van der Waals surface area contributed by atoms with E-state index in [0.717, 1.165) is 0 Å². The van der Waals surface area contributed by atoms with Crippen molar-refractivity contribution in [1.82, 2.24) is 0 Å². The summed E-state index contributed by atoms with van der Waals surface area (Å²) in [7, 11) is -0.623. The van der Waals surface area contributed by atoms with E-state index in [-0.39, 0.29) is 6.61 Å². The average Bonchev–Trinajstić information content (AvgIpc) is 2.65. The maximum absolute atomic E-state index is 9.66. The second-order valence-electron chi connectivity index (χ2n) is 6.31. The maximum Gasteiger partial charge on any atom is 0.492 e. The van der Waals surface area contributed by atoms with Gasteiger partial charge in [0.05, 0.1) is 29.4 Å². The SMILES string of the molecule is CC1(C)OB(C(=Cc2ccc(C#N)cc2Cl)CO)OC1(C)C. The third kappa shape index (κ3) is 3.21. The zero-order valence-electron chi connectivity index (χ0n) is 13.2. The highest BCUT2D eigenvalue weighted by atomic mass is 35.5. The van der Waals surface area contributed by atoms with Crippen LogP contribution in [0.1, 0.15) is 38.8 Å². The molecule has 2 rings (SSSR count). The van der Waals surface area contributed by atoms with Gasteiger partial charge in [0.15, 0.2) is 0 Å². The van der Waals surface area contributed by atoms with E-state index in [4.69, 9.17) is 26.2 Å². The molecule has 1 aliphatic rings.